The average molecular weight is 589 g/mol. The van der Waals surface area contributed by atoms with E-state index in [0.29, 0.717) is 11.1 Å². The number of hydrogen-bond donors (Lipinski definition) is 3. The largest absolute Gasteiger partial charge is 0.587 e. The fourth-order valence-electron chi connectivity index (χ4n) is 4.44. The molecule has 1 aliphatic carbocycles. The van der Waals surface area contributed by atoms with Crippen molar-refractivity contribution < 1.29 is 33.5 Å². The number of aliphatic hydroxyl groups excluding tert-OH is 1. The Morgan fingerprint density at radius 2 is 1.24 bits per heavy atom. The van der Waals surface area contributed by atoms with Gasteiger partial charge in [0.1, 0.15) is 23.0 Å². The van der Waals surface area contributed by atoms with Crippen molar-refractivity contribution in [1.82, 2.24) is 0 Å². The molecule has 228 valence electrons. The highest BCUT2D eigenvalue weighted by atomic mass is 31.2. The molecule has 0 aliphatic heterocycles. The van der Waals surface area contributed by atoms with Crippen LogP contribution in [0.3, 0.4) is 0 Å². The Hall–Kier alpha value is -2.73. The Balaban J connectivity index is 0.00000287. The monoisotopic (exact) mass is 588 g/mol. The third-order valence-electron chi connectivity index (χ3n) is 7.50. The number of phosphoric acid groups is 1. The van der Waals surface area contributed by atoms with E-state index < -0.39 is 7.82 Å². The topological polar surface area (TPSA) is 105 Å². The second-order valence-corrected chi connectivity index (χ2v) is 15.3. The van der Waals surface area contributed by atoms with Gasteiger partial charge in [0.25, 0.3) is 0 Å². The molecule has 0 amide bonds. The summed E-state index contributed by atoms with van der Waals surface area (Å²) >= 11 is 0. The summed E-state index contributed by atoms with van der Waals surface area (Å²) in [5.41, 5.74) is 1.45. The van der Waals surface area contributed by atoms with Crippen LogP contribution >= 0.6 is 7.82 Å². The van der Waals surface area contributed by atoms with E-state index in [1.54, 1.807) is 24.3 Å². The third-order valence-corrected chi connectivity index (χ3v) is 8.81. The molecule has 0 heterocycles. The number of phenolic OH excluding ortho intramolecular Hbond substituents is 2. The number of aromatic hydroxyl groups is 2. The molecule has 8 heteroatoms. The minimum absolute atomic E-state index is 0.0184. The molecule has 7 nitrogen and oxygen atoms in total. The van der Waals surface area contributed by atoms with Gasteiger partial charge in [-0.3, -0.25) is 4.52 Å². The normalized spacial score (nSPS) is 17.8. The van der Waals surface area contributed by atoms with Crippen molar-refractivity contribution in [3.8, 4) is 23.0 Å². The standard InChI is InChI=1S/C32H45O6P.CH4O/c1-29(2,3)25-18-23(13-15-27(25)33)37-39(35,38-24-14-16-28(34)26(19-24)30(4,5)6)36-21-22-12-11-17-32(10,20-22)31(7,8)9;1-2/h11-19,33-34H,20-21H2,1-10H3;2H,1H3. The molecule has 1 aliphatic rings. The molecule has 0 aromatic heterocycles. The summed E-state index contributed by atoms with van der Waals surface area (Å²) in [6, 6.07) is 9.43. The zero-order valence-corrected chi connectivity index (χ0v) is 27.4. The first-order valence-electron chi connectivity index (χ1n) is 13.9. The minimum Gasteiger partial charge on any atom is -0.508 e. The van der Waals surface area contributed by atoms with Crippen molar-refractivity contribution in [3.63, 3.8) is 0 Å². The Bertz CT molecular complexity index is 1240. The van der Waals surface area contributed by atoms with E-state index >= 15 is 0 Å². The highest BCUT2D eigenvalue weighted by Gasteiger charge is 2.38. The summed E-state index contributed by atoms with van der Waals surface area (Å²) in [6.45, 7) is 20.7. The Kier molecular flexibility index (Phi) is 10.6. The summed E-state index contributed by atoms with van der Waals surface area (Å²) in [5.74, 6) is 0.766. The van der Waals surface area contributed by atoms with Crippen LogP contribution in [0.4, 0.5) is 0 Å². The van der Waals surface area contributed by atoms with Crippen LogP contribution in [-0.2, 0) is 19.9 Å². The smallest absolute Gasteiger partial charge is 0.508 e. The number of phenols is 2. The molecule has 0 fully saturated rings. The van der Waals surface area contributed by atoms with E-state index in [1.807, 2.05) is 53.7 Å². The number of allylic oxidation sites excluding steroid dienone is 3. The molecule has 41 heavy (non-hydrogen) atoms. The lowest BCUT2D eigenvalue weighted by Gasteiger charge is -2.42. The van der Waals surface area contributed by atoms with Gasteiger partial charge in [-0.2, -0.15) is 0 Å². The number of benzene rings is 2. The molecule has 0 spiro atoms. The fourth-order valence-corrected chi connectivity index (χ4v) is 5.65. The summed E-state index contributed by atoms with van der Waals surface area (Å²) in [4.78, 5) is 0. The van der Waals surface area contributed by atoms with Gasteiger partial charge < -0.3 is 24.4 Å². The lowest BCUT2D eigenvalue weighted by atomic mass is 9.63. The molecule has 0 radical (unpaired) electrons. The van der Waals surface area contributed by atoms with Crippen LogP contribution in [0, 0.1) is 10.8 Å². The Morgan fingerprint density at radius 3 is 1.63 bits per heavy atom. The van der Waals surface area contributed by atoms with Gasteiger partial charge in [-0.25, -0.2) is 4.57 Å². The van der Waals surface area contributed by atoms with Gasteiger partial charge in [0, 0.05) is 18.2 Å². The zero-order chi connectivity index (χ0) is 31.4. The van der Waals surface area contributed by atoms with E-state index in [1.165, 1.54) is 12.1 Å². The summed E-state index contributed by atoms with van der Waals surface area (Å²) in [6.07, 6.45) is 6.95. The molecule has 2 aromatic rings. The molecular weight excluding hydrogens is 539 g/mol. The van der Waals surface area contributed by atoms with E-state index in [2.05, 4.69) is 33.8 Å². The fraction of sp³-hybridized carbons (Fsp3) is 0.515. The molecule has 1 atom stereocenters. The quantitative estimate of drug-likeness (QED) is 0.278. The summed E-state index contributed by atoms with van der Waals surface area (Å²) in [5, 5.41) is 27.8. The van der Waals surface area contributed by atoms with Crippen LogP contribution in [0.1, 0.15) is 86.8 Å². The maximum atomic E-state index is 14.2. The Morgan fingerprint density at radius 1 is 0.805 bits per heavy atom. The van der Waals surface area contributed by atoms with Crippen molar-refractivity contribution in [2.24, 2.45) is 10.8 Å². The van der Waals surface area contributed by atoms with Crippen molar-refractivity contribution in [2.75, 3.05) is 13.7 Å². The SMILES string of the molecule is CC(C)(C)c1cc(OP(=O)(OCC2=CC=CC(C)(C(C)(C)C)C2)Oc2ccc(O)c(C(C)(C)C)c2)ccc1O.CO. The molecule has 0 saturated heterocycles. The molecule has 2 aromatic carbocycles. The van der Waals surface area contributed by atoms with Crippen molar-refractivity contribution in [1.29, 1.82) is 0 Å². The molecule has 3 rings (SSSR count). The van der Waals surface area contributed by atoms with E-state index in [9.17, 15) is 14.8 Å². The van der Waals surface area contributed by atoms with E-state index in [0.717, 1.165) is 19.1 Å². The first kappa shape index (κ1) is 34.5. The highest BCUT2D eigenvalue weighted by molar-refractivity contribution is 7.49. The van der Waals surface area contributed by atoms with Crippen LogP contribution in [0.25, 0.3) is 0 Å². The maximum absolute atomic E-state index is 14.2. The highest BCUT2D eigenvalue weighted by Crippen LogP contribution is 2.53. The number of aliphatic hydroxyl groups is 1. The van der Waals surface area contributed by atoms with Crippen LogP contribution in [-0.4, -0.2) is 29.0 Å². The van der Waals surface area contributed by atoms with Crippen LogP contribution < -0.4 is 9.05 Å². The number of phosphoric ester groups is 1. The first-order valence-corrected chi connectivity index (χ1v) is 15.3. The van der Waals surface area contributed by atoms with Gasteiger partial charge >= 0.3 is 7.82 Å². The van der Waals surface area contributed by atoms with Gasteiger partial charge in [-0.05, 0) is 70.1 Å². The van der Waals surface area contributed by atoms with Gasteiger partial charge in [0.2, 0.25) is 0 Å². The number of hydrogen-bond acceptors (Lipinski definition) is 7. The van der Waals surface area contributed by atoms with Crippen molar-refractivity contribution in [3.05, 3.63) is 71.3 Å². The minimum atomic E-state index is -4.21. The predicted molar refractivity (Wildman–Crippen MR) is 166 cm³/mol. The van der Waals surface area contributed by atoms with Crippen LogP contribution in [0.15, 0.2) is 60.2 Å². The number of rotatable bonds is 7. The zero-order valence-electron chi connectivity index (χ0n) is 26.5. The van der Waals surface area contributed by atoms with E-state index in [4.69, 9.17) is 18.7 Å². The third kappa shape index (κ3) is 8.88. The summed E-state index contributed by atoms with van der Waals surface area (Å²) in [7, 11) is -3.21. The summed E-state index contributed by atoms with van der Waals surface area (Å²) < 4.78 is 32.1. The van der Waals surface area contributed by atoms with E-state index in [-0.39, 0.29) is 51.3 Å². The Labute approximate surface area is 246 Å². The van der Waals surface area contributed by atoms with Gasteiger partial charge in [0.15, 0.2) is 0 Å². The van der Waals surface area contributed by atoms with Crippen LogP contribution in [0.5, 0.6) is 23.0 Å². The second kappa shape index (κ2) is 12.6. The lowest BCUT2D eigenvalue weighted by Crippen LogP contribution is -2.33. The molecule has 1 unspecified atom stereocenters. The molecular formula is C33H49O7P. The van der Waals surface area contributed by atoms with Gasteiger partial charge in [-0.15, -0.1) is 0 Å². The average Bonchev–Trinajstić information content (AvgIpc) is 2.85. The van der Waals surface area contributed by atoms with Crippen LogP contribution in [0.2, 0.25) is 0 Å². The maximum Gasteiger partial charge on any atom is 0.587 e. The lowest BCUT2D eigenvalue weighted by molar-refractivity contribution is 0.156. The molecule has 3 N–H and O–H groups in total. The predicted octanol–water partition coefficient (Wildman–Crippen LogP) is 8.82. The van der Waals surface area contributed by atoms with Crippen molar-refractivity contribution in [2.45, 2.75) is 86.5 Å². The molecule has 0 saturated carbocycles. The van der Waals surface area contributed by atoms with Gasteiger partial charge in [0.05, 0.1) is 6.61 Å². The van der Waals surface area contributed by atoms with Gasteiger partial charge in [-0.1, -0.05) is 87.5 Å². The second-order valence-electron chi connectivity index (χ2n) is 13.8. The van der Waals surface area contributed by atoms with Crippen molar-refractivity contribution >= 4 is 7.82 Å². The first-order chi connectivity index (χ1) is 18.7. The molecule has 0 bridgehead atoms.